The molecule has 3 rings (SSSR count). The minimum atomic E-state index is -1.18. The van der Waals surface area contributed by atoms with Gasteiger partial charge in [0.2, 0.25) is 5.13 Å². The van der Waals surface area contributed by atoms with Crippen molar-refractivity contribution in [2.24, 2.45) is 4.99 Å². The van der Waals surface area contributed by atoms with E-state index in [1.54, 1.807) is 12.1 Å². The lowest BCUT2D eigenvalue weighted by atomic mass is 10.0. The van der Waals surface area contributed by atoms with Crippen molar-refractivity contribution in [1.82, 2.24) is 15.1 Å². The number of rotatable bonds is 7. The van der Waals surface area contributed by atoms with Gasteiger partial charge in [0, 0.05) is 6.54 Å². The van der Waals surface area contributed by atoms with Gasteiger partial charge >= 0.3 is 5.97 Å². The van der Waals surface area contributed by atoms with Gasteiger partial charge in [-0.3, -0.25) is 9.69 Å². The summed E-state index contributed by atoms with van der Waals surface area (Å²) in [7, 11) is 2.80. The van der Waals surface area contributed by atoms with Crippen LogP contribution in [0.3, 0.4) is 0 Å². The van der Waals surface area contributed by atoms with E-state index in [0.717, 1.165) is 23.2 Å². The van der Waals surface area contributed by atoms with Crippen LogP contribution in [0.2, 0.25) is 0 Å². The molecule has 30 heavy (non-hydrogen) atoms. The number of nitrogens with zero attached hydrogens (tertiary/aromatic N) is 4. The van der Waals surface area contributed by atoms with Gasteiger partial charge in [0.05, 0.1) is 19.1 Å². The number of benzene rings is 1. The van der Waals surface area contributed by atoms with E-state index in [0.29, 0.717) is 33.1 Å². The van der Waals surface area contributed by atoms with E-state index < -0.39 is 5.97 Å². The summed E-state index contributed by atoms with van der Waals surface area (Å²) in [6.07, 6.45) is 2.29. The van der Waals surface area contributed by atoms with Crippen LogP contribution in [0.25, 0.3) is 6.08 Å². The molecule has 1 saturated heterocycles. The number of carboxylic acid groups (broad SMARTS) is 1. The van der Waals surface area contributed by atoms with Gasteiger partial charge in [-0.15, -0.1) is 10.2 Å². The molecule has 2 aromatic rings. The maximum Gasteiger partial charge on any atom is 0.340 e. The summed E-state index contributed by atoms with van der Waals surface area (Å²) in [6.45, 7) is 4.24. The number of methoxy groups -OCH3 is 2. The number of aliphatic imine (C=N–C) groups is 1. The molecule has 1 aromatic heterocycles. The summed E-state index contributed by atoms with van der Waals surface area (Å²) in [5, 5.41) is 19.6. The fourth-order valence-corrected chi connectivity index (χ4v) is 4.55. The van der Waals surface area contributed by atoms with Crippen molar-refractivity contribution in [3.63, 3.8) is 0 Å². The van der Waals surface area contributed by atoms with Gasteiger partial charge in [-0.05, 0) is 42.8 Å². The molecule has 1 aliphatic rings. The zero-order valence-corrected chi connectivity index (χ0v) is 18.5. The molecule has 9 nitrogen and oxygen atoms in total. The molecule has 0 atom stereocenters. The van der Waals surface area contributed by atoms with Crippen molar-refractivity contribution in [2.45, 2.75) is 20.3 Å². The van der Waals surface area contributed by atoms with Crippen LogP contribution in [0.4, 0.5) is 5.13 Å². The molecule has 0 radical (unpaired) electrons. The molecule has 158 valence electrons. The van der Waals surface area contributed by atoms with Crippen LogP contribution >= 0.6 is 23.1 Å². The zero-order valence-electron chi connectivity index (χ0n) is 16.8. The van der Waals surface area contributed by atoms with Gasteiger partial charge in [0.15, 0.2) is 16.7 Å². The number of hydrogen-bond donors (Lipinski definition) is 1. The third-order valence-electron chi connectivity index (χ3n) is 4.23. The maximum absolute atomic E-state index is 12.9. The Kier molecular flexibility index (Phi) is 6.73. The first kappa shape index (κ1) is 21.8. The SMILES string of the molecule is CCc1nnc(/N=C2/S/C(=C/c3ccc(OC)c(OC)c3C(=O)O)C(=O)N2CC)s1. The Bertz CT molecular complexity index is 1050. The molecule has 0 spiro atoms. The number of carboxylic acids is 1. The fraction of sp³-hybridized carbons (Fsp3) is 0.316. The summed E-state index contributed by atoms with van der Waals surface area (Å²) in [4.78, 5) is 31.1. The van der Waals surface area contributed by atoms with Crippen LogP contribution < -0.4 is 9.47 Å². The number of likely N-dealkylation sites (N-methyl/N-ethyl adjacent to an activating group) is 1. The van der Waals surface area contributed by atoms with Crippen molar-refractivity contribution in [3.8, 4) is 11.5 Å². The quantitative estimate of drug-likeness (QED) is 0.641. The number of amidine groups is 1. The third-order valence-corrected chi connectivity index (χ3v) is 6.20. The molecule has 1 N–H and O–H groups in total. The highest BCUT2D eigenvalue weighted by Gasteiger charge is 2.33. The minimum absolute atomic E-state index is 0.0806. The summed E-state index contributed by atoms with van der Waals surface area (Å²) in [6, 6.07) is 3.18. The Morgan fingerprint density at radius 3 is 2.60 bits per heavy atom. The molecule has 0 saturated carbocycles. The summed E-state index contributed by atoms with van der Waals surface area (Å²) in [5.41, 5.74) is 0.250. The molecule has 11 heteroatoms. The first-order chi connectivity index (χ1) is 14.4. The highest BCUT2D eigenvalue weighted by molar-refractivity contribution is 8.18. The van der Waals surface area contributed by atoms with Crippen molar-refractivity contribution in [1.29, 1.82) is 0 Å². The number of aromatic carboxylic acids is 1. The van der Waals surface area contributed by atoms with Crippen LogP contribution in [0.5, 0.6) is 11.5 Å². The summed E-state index contributed by atoms with van der Waals surface area (Å²) < 4.78 is 10.4. The highest BCUT2D eigenvalue weighted by Crippen LogP contribution is 2.38. The number of amides is 1. The second-order valence-corrected chi connectivity index (χ2v) is 8.01. The number of hydrogen-bond acceptors (Lipinski definition) is 9. The van der Waals surface area contributed by atoms with Crippen LogP contribution in [0.1, 0.15) is 34.8 Å². The molecule has 1 aromatic carbocycles. The number of carbonyl (C=O) groups is 2. The van der Waals surface area contributed by atoms with Gasteiger partial charge < -0.3 is 14.6 Å². The number of ether oxygens (including phenoxy) is 2. The number of thioether (sulfide) groups is 1. The summed E-state index contributed by atoms with van der Waals surface area (Å²) in [5.74, 6) is -1.05. The Hall–Kier alpha value is -2.92. The van der Waals surface area contributed by atoms with Crippen molar-refractivity contribution < 1.29 is 24.2 Å². The standard InChI is InChI=1S/C19H20N4O5S2/c1-5-13-21-22-18(30-13)20-19-23(6-2)16(24)12(29-19)9-10-7-8-11(27-3)15(28-4)14(10)17(25)26/h7-9H,5-6H2,1-4H3,(H,25,26)/b12-9+,20-19+. The van der Waals surface area contributed by atoms with Crippen molar-refractivity contribution >= 4 is 51.4 Å². The lowest BCUT2D eigenvalue weighted by Crippen LogP contribution is -2.28. The van der Waals surface area contributed by atoms with Crippen LogP contribution in [-0.4, -0.2) is 58.0 Å². The molecule has 1 aliphatic heterocycles. The van der Waals surface area contributed by atoms with Crippen LogP contribution in [0.15, 0.2) is 22.0 Å². The van der Waals surface area contributed by atoms with Crippen LogP contribution in [0, 0.1) is 0 Å². The Morgan fingerprint density at radius 2 is 2.03 bits per heavy atom. The largest absolute Gasteiger partial charge is 0.493 e. The van der Waals surface area contributed by atoms with E-state index in [2.05, 4.69) is 15.2 Å². The molecule has 0 unspecified atom stereocenters. The highest BCUT2D eigenvalue weighted by atomic mass is 32.2. The van der Waals surface area contributed by atoms with E-state index >= 15 is 0 Å². The monoisotopic (exact) mass is 448 g/mol. The third kappa shape index (κ3) is 4.17. The van der Waals surface area contributed by atoms with Crippen molar-refractivity contribution in [2.75, 3.05) is 20.8 Å². The Labute approximate surface area is 181 Å². The van der Waals surface area contributed by atoms with Gasteiger partial charge in [-0.2, -0.15) is 4.99 Å². The molecular formula is C19H20N4O5S2. The smallest absolute Gasteiger partial charge is 0.340 e. The maximum atomic E-state index is 12.9. The van der Waals surface area contributed by atoms with E-state index in [-0.39, 0.29) is 17.2 Å². The van der Waals surface area contributed by atoms with Gasteiger partial charge in [-0.25, -0.2) is 4.79 Å². The van der Waals surface area contributed by atoms with E-state index in [9.17, 15) is 14.7 Å². The van der Waals surface area contributed by atoms with Gasteiger partial charge in [0.1, 0.15) is 10.6 Å². The van der Waals surface area contributed by atoms with E-state index in [1.807, 2.05) is 13.8 Å². The molecule has 0 aliphatic carbocycles. The van der Waals surface area contributed by atoms with Gasteiger partial charge in [0.25, 0.3) is 5.91 Å². The fourth-order valence-electron chi connectivity index (χ4n) is 2.81. The first-order valence-electron chi connectivity index (χ1n) is 9.04. The Morgan fingerprint density at radius 1 is 1.27 bits per heavy atom. The molecular weight excluding hydrogens is 428 g/mol. The Balaban J connectivity index is 2.04. The first-order valence-corrected chi connectivity index (χ1v) is 10.7. The predicted octanol–water partition coefficient (Wildman–Crippen LogP) is 3.44. The zero-order chi connectivity index (χ0) is 21.8. The van der Waals surface area contributed by atoms with Gasteiger partial charge in [-0.1, -0.05) is 24.3 Å². The normalized spacial score (nSPS) is 16.5. The number of aryl methyl sites for hydroxylation is 1. The van der Waals surface area contributed by atoms with E-state index in [4.69, 9.17) is 9.47 Å². The average Bonchev–Trinajstić information content (AvgIpc) is 3.31. The number of carbonyl (C=O) groups excluding carboxylic acids is 1. The topological polar surface area (TPSA) is 114 Å². The van der Waals surface area contributed by atoms with Crippen molar-refractivity contribution in [3.05, 3.63) is 33.2 Å². The lowest BCUT2D eigenvalue weighted by Gasteiger charge is -2.13. The second-order valence-electron chi connectivity index (χ2n) is 5.96. The van der Waals surface area contributed by atoms with Crippen LogP contribution in [-0.2, 0) is 11.2 Å². The van der Waals surface area contributed by atoms with E-state index in [1.165, 1.54) is 36.5 Å². The number of aromatic nitrogens is 2. The minimum Gasteiger partial charge on any atom is -0.493 e. The molecule has 1 amide bonds. The lowest BCUT2D eigenvalue weighted by molar-refractivity contribution is -0.122. The molecule has 2 heterocycles. The molecule has 1 fully saturated rings. The second kappa shape index (κ2) is 9.26. The average molecular weight is 449 g/mol. The summed E-state index contributed by atoms with van der Waals surface area (Å²) >= 11 is 2.53. The molecule has 0 bridgehead atoms. The predicted molar refractivity (Wildman–Crippen MR) is 116 cm³/mol.